The fourth-order valence-electron chi connectivity index (χ4n) is 2.32. The predicted octanol–water partition coefficient (Wildman–Crippen LogP) is 3.02. The second-order valence-electron chi connectivity index (χ2n) is 3.65. The molecule has 4 heteroatoms. The third kappa shape index (κ3) is 1.35. The zero-order chi connectivity index (χ0) is 8.77. The van der Waals surface area contributed by atoms with E-state index in [0.29, 0.717) is 11.5 Å². The summed E-state index contributed by atoms with van der Waals surface area (Å²) in [6.07, 6.45) is 6.91. The Balaban J connectivity index is 2.12. The lowest BCUT2D eigenvalue weighted by Crippen LogP contribution is -2.32. The average Bonchev–Trinajstić information content (AvgIpc) is 2.64. The maximum absolute atomic E-state index is 6.17. The average molecular weight is 223 g/mol. The minimum absolute atomic E-state index is 0.417. The first-order valence-corrected chi connectivity index (χ1v) is 8.25. The lowest BCUT2D eigenvalue weighted by molar-refractivity contribution is 0.405. The van der Waals surface area contributed by atoms with Crippen LogP contribution in [0.2, 0.25) is 5.54 Å². The number of hydrogen-bond donors (Lipinski definition) is 0. The maximum atomic E-state index is 6.17. The van der Waals surface area contributed by atoms with Crippen LogP contribution in [0.5, 0.6) is 0 Å². The Bertz CT molecular complexity index is 217. The number of hydrogen-bond acceptors (Lipinski definition) is 1. The second-order valence-corrected chi connectivity index (χ2v) is 9.88. The van der Waals surface area contributed by atoms with Gasteiger partial charge in [0.25, 0.3) is 0 Å². The third-order valence-electron chi connectivity index (χ3n) is 2.98. The van der Waals surface area contributed by atoms with Gasteiger partial charge < -0.3 is 4.43 Å². The Morgan fingerprint density at radius 2 is 2.08 bits per heavy atom. The highest BCUT2D eigenvalue weighted by Gasteiger charge is 2.50. The molecule has 1 nitrogen and oxygen atoms in total. The van der Waals surface area contributed by atoms with Crippen LogP contribution in [0, 0.1) is 11.8 Å². The summed E-state index contributed by atoms with van der Waals surface area (Å²) in [6.45, 7) is -2.40. The monoisotopic (exact) mass is 222 g/mol. The first kappa shape index (κ1) is 9.07. The normalized spacial score (nSPS) is 39.4. The van der Waals surface area contributed by atoms with E-state index in [1.54, 1.807) is 7.11 Å². The van der Waals surface area contributed by atoms with Crippen LogP contribution in [0.15, 0.2) is 12.2 Å². The molecular weight excluding hydrogens is 211 g/mol. The summed E-state index contributed by atoms with van der Waals surface area (Å²) < 4.78 is 5.21. The van der Waals surface area contributed by atoms with E-state index in [-0.39, 0.29) is 0 Å². The summed E-state index contributed by atoms with van der Waals surface area (Å²) >= 11 is 12.3. The molecule has 12 heavy (non-hydrogen) atoms. The van der Waals surface area contributed by atoms with Gasteiger partial charge in [-0.2, -0.15) is 0 Å². The van der Waals surface area contributed by atoms with Gasteiger partial charge in [0, 0.05) is 12.7 Å². The van der Waals surface area contributed by atoms with E-state index in [2.05, 4.69) is 12.2 Å². The third-order valence-corrected chi connectivity index (χ3v) is 7.66. The van der Waals surface area contributed by atoms with E-state index in [1.165, 1.54) is 6.42 Å². The predicted molar refractivity (Wildman–Crippen MR) is 53.6 cm³/mol. The molecule has 2 aliphatic rings. The molecule has 68 valence electrons. The van der Waals surface area contributed by atoms with Crippen molar-refractivity contribution in [2.45, 2.75) is 18.4 Å². The van der Waals surface area contributed by atoms with Crippen molar-refractivity contribution in [2.24, 2.45) is 11.8 Å². The van der Waals surface area contributed by atoms with E-state index >= 15 is 0 Å². The van der Waals surface area contributed by atoms with Crippen molar-refractivity contribution in [3.05, 3.63) is 12.2 Å². The van der Waals surface area contributed by atoms with Crippen molar-refractivity contribution in [1.29, 1.82) is 0 Å². The van der Waals surface area contributed by atoms with Gasteiger partial charge in [0.05, 0.1) is 0 Å². The molecule has 0 N–H and O–H groups in total. The molecular formula is C8H12Cl2OSi. The van der Waals surface area contributed by atoms with Gasteiger partial charge in [0.15, 0.2) is 0 Å². The first-order valence-electron chi connectivity index (χ1n) is 4.25. The molecule has 1 fully saturated rings. The second kappa shape index (κ2) is 3.02. The minimum atomic E-state index is -2.40. The van der Waals surface area contributed by atoms with Crippen molar-refractivity contribution in [3.63, 3.8) is 0 Å². The van der Waals surface area contributed by atoms with Crippen molar-refractivity contribution in [1.82, 2.24) is 0 Å². The van der Waals surface area contributed by atoms with Crippen molar-refractivity contribution in [3.8, 4) is 0 Å². The first-order chi connectivity index (χ1) is 5.63. The summed E-state index contributed by atoms with van der Waals surface area (Å²) in [5, 5.41) is 0. The molecule has 1 saturated carbocycles. The van der Waals surface area contributed by atoms with Crippen molar-refractivity contribution >= 4 is 29.1 Å². The van der Waals surface area contributed by atoms with Crippen molar-refractivity contribution in [2.75, 3.05) is 7.11 Å². The highest BCUT2D eigenvalue weighted by Crippen LogP contribution is 2.53. The fourth-order valence-corrected chi connectivity index (χ4v) is 5.45. The van der Waals surface area contributed by atoms with Gasteiger partial charge >= 0.3 is 6.94 Å². The maximum Gasteiger partial charge on any atom is 0.393 e. The van der Waals surface area contributed by atoms with E-state index < -0.39 is 6.94 Å². The summed E-state index contributed by atoms with van der Waals surface area (Å²) in [6, 6.07) is 0. The quantitative estimate of drug-likeness (QED) is 0.397. The van der Waals surface area contributed by atoms with Gasteiger partial charge in [-0.3, -0.25) is 0 Å². The van der Waals surface area contributed by atoms with Crippen LogP contribution in [0.1, 0.15) is 12.8 Å². The molecule has 0 aromatic rings. The van der Waals surface area contributed by atoms with Gasteiger partial charge in [-0.25, -0.2) is 0 Å². The standard InChI is InChI=1S/C8H12Cl2OSi/c1-11-12(9,10)8-5-6-2-3-7(8)4-6/h2-3,6-8H,4-5H2,1H3. The van der Waals surface area contributed by atoms with E-state index in [1.807, 2.05) is 0 Å². The largest absolute Gasteiger partial charge is 0.395 e. The molecule has 0 spiro atoms. The summed E-state index contributed by atoms with van der Waals surface area (Å²) in [5.41, 5.74) is 0.417. The van der Waals surface area contributed by atoms with Crippen LogP contribution >= 0.6 is 22.2 Å². The van der Waals surface area contributed by atoms with Crippen molar-refractivity contribution < 1.29 is 4.43 Å². The molecule has 2 aliphatic carbocycles. The zero-order valence-corrected chi connectivity index (χ0v) is 9.48. The molecule has 2 rings (SSSR count). The van der Waals surface area contributed by atoms with Gasteiger partial charge in [-0.15, -0.1) is 22.2 Å². The fraction of sp³-hybridized carbons (Fsp3) is 0.750. The lowest BCUT2D eigenvalue weighted by Gasteiger charge is -2.26. The molecule has 3 unspecified atom stereocenters. The van der Waals surface area contributed by atoms with Gasteiger partial charge in [-0.1, -0.05) is 12.2 Å². The van der Waals surface area contributed by atoms with E-state index in [0.717, 1.165) is 12.3 Å². The van der Waals surface area contributed by atoms with Crippen LogP contribution in [0.4, 0.5) is 0 Å². The Morgan fingerprint density at radius 1 is 1.33 bits per heavy atom. The summed E-state index contributed by atoms with van der Waals surface area (Å²) in [4.78, 5) is 0. The number of fused-ring (bicyclic) bond motifs is 2. The SMILES string of the molecule is CO[Si](Cl)(Cl)C1CC2C=CC1C2. The molecule has 0 radical (unpaired) electrons. The van der Waals surface area contributed by atoms with Gasteiger partial charge in [-0.05, 0) is 24.7 Å². The topological polar surface area (TPSA) is 9.23 Å². The minimum Gasteiger partial charge on any atom is -0.395 e. The Morgan fingerprint density at radius 3 is 2.50 bits per heavy atom. The Labute approximate surface area is 83.2 Å². The number of halogens is 2. The Hall–Kier alpha value is 0.497. The zero-order valence-electron chi connectivity index (χ0n) is 6.97. The highest BCUT2D eigenvalue weighted by molar-refractivity contribution is 7.43. The Kier molecular flexibility index (Phi) is 2.28. The molecule has 3 atom stereocenters. The number of rotatable bonds is 2. The lowest BCUT2D eigenvalue weighted by atomic mass is 10.1. The highest BCUT2D eigenvalue weighted by atomic mass is 35.7. The van der Waals surface area contributed by atoms with Crippen LogP contribution in [0.3, 0.4) is 0 Å². The molecule has 0 heterocycles. The van der Waals surface area contributed by atoms with Gasteiger partial charge in [0.1, 0.15) is 0 Å². The van der Waals surface area contributed by atoms with E-state index in [4.69, 9.17) is 26.6 Å². The summed E-state index contributed by atoms with van der Waals surface area (Å²) in [7, 11) is 1.63. The van der Waals surface area contributed by atoms with Crippen LogP contribution in [-0.4, -0.2) is 14.0 Å². The smallest absolute Gasteiger partial charge is 0.393 e. The molecule has 0 amide bonds. The molecule has 2 bridgehead atoms. The molecule has 0 aliphatic heterocycles. The van der Waals surface area contributed by atoms with Crippen LogP contribution in [-0.2, 0) is 4.43 Å². The molecule has 0 aromatic heterocycles. The number of allylic oxidation sites excluding steroid dienone is 2. The van der Waals surface area contributed by atoms with Crippen LogP contribution in [0.25, 0.3) is 0 Å². The summed E-state index contributed by atoms with van der Waals surface area (Å²) in [5.74, 6) is 1.32. The van der Waals surface area contributed by atoms with Crippen LogP contribution < -0.4 is 0 Å². The van der Waals surface area contributed by atoms with E-state index in [9.17, 15) is 0 Å². The molecule has 0 aromatic carbocycles. The van der Waals surface area contributed by atoms with Gasteiger partial charge in [0.2, 0.25) is 0 Å². The molecule has 0 saturated heterocycles.